The van der Waals surface area contributed by atoms with Crippen LogP contribution in [0.1, 0.15) is 36.6 Å². The average molecular weight is 550 g/mol. The molecular formula is C27H24BrN3O5. The van der Waals surface area contributed by atoms with Crippen molar-refractivity contribution in [2.45, 2.75) is 26.5 Å². The third-order valence-electron chi connectivity index (χ3n) is 5.19. The number of nitro benzene ring substituents is 1. The van der Waals surface area contributed by atoms with E-state index in [-0.39, 0.29) is 23.9 Å². The number of rotatable bonds is 10. The molecule has 1 N–H and O–H groups in total. The topological polar surface area (TPSA) is 114 Å². The Labute approximate surface area is 217 Å². The predicted molar refractivity (Wildman–Crippen MR) is 139 cm³/mol. The number of hydrogen-bond donors (Lipinski definition) is 1. The number of carbonyl (C=O) groups is 1. The van der Waals surface area contributed by atoms with Crippen molar-refractivity contribution < 1.29 is 19.2 Å². The summed E-state index contributed by atoms with van der Waals surface area (Å²) in [6, 6.07) is 20.7. The van der Waals surface area contributed by atoms with Gasteiger partial charge in [0.25, 0.3) is 11.6 Å². The Morgan fingerprint density at radius 2 is 1.86 bits per heavy atom. The Morgan fingerprint density at radius 1 is 1.14 bits per heavy atom. The maximum atomic E-state index is 12.8. The zero-order valence-electron chi connectivity index (χ0n) is 19.7. The number of halogens is 1. The van der Waals surface area contributed by atoms with Gasteiger partial charge in [-0.3, -0.25) is 14.9 Å². The Bertz CT molecular complexity index is 1320. The van der Waals surface area contributed by atoms with E-state index in [1.807, 2.05) is 50.2 Å². The fourth-order valence-electron chi connectivity index (χ4n) is 3.37. The van der Waals surface area contributed by atoms with Crippen molar-refractivity contribution in [3.05, 3.63) is 104 Å². The first-order valence-corrected chi connectivity index (χ1v) is 11.9. The Morgan fingerprint density at radius 3 is 2.53 bits per heavy atom. The van der Waals surface area contributed by atoms with E-state index in [4.69, 9.17) is 9.47 Å². The van der Waals surface area contributed by atoms with Gasteiger partial charge in [0.05, 0.1) is 17.6 Å². The van der Waals surface area contributed by atoms with E-state index in [1.54, 1.807) is 24.3 Å². The molecule has 0 spiro atoms. The van der Waals surface area contributed by atoms with Gasteiger partial charge < -0.3 is 14.8 Å². The molecule has 3 aromatic carbocycles. The molecule has 0 aromatic heterocycles. The first-order valence-electron chi connectivity index (χ1n) is 11.1. The maximum Gasteiger partial charge on any atom is 0.269 e. The molecule has 1 amide bonds. The molecule has 0 aliphatic heterocycles. The van der Waals surface area contributed by atoms with Gasteiger partial charge in [-0.25, -0.2) is 0 Å². The molecule has 1 atom stereocenters. The van der Waals surface area contributed by atoms with Crippen molar-refractivity contribution in [3.8, 4) is 17.6 Å². The van der Waals surface area contributed by atoms with E-state index in [1.165, 1.54) is 18.2 Å². The van der Waals surface area contributed by atoms with Crippen molar-refractivity contribution in [1.82, 2.24) is 5.32 Å². The summed E-state index contributed by atoms with van der Waals surface area (Å²) in [5.41, 5.74) is 2.02. The summed E-state index contributed by atoms with van der Waals surface area (Å²) in [6.45, 7) is 4.12. The lowest BCUT2D eigenvalue weighted by Crippen LogP contribution is -2.27. The third-order valence-corrected chi connectivity index (χ3v) is 5.88. The standard InChI is InChI=1S/C27H24BrN3O5/c1-3-35-25-14-21(13-22(16-29)27(32)30-18(2)20-9-5-4-6-10-20)24(28)15-26(25)36-17-19-8-7-11-23(12-19)31(33)34/h4-15,18H,3,17H2,1-2H3,(H,30,32)/b22-13-/t18-/m0/s1. The number of nitriles is 1. The molecule has 184 valence electrons. The van der Waals surface area contributed by atoms with Gasteiger partial charge in [0, 0.05) is 16.6 Å². The van der Waals surface area contributed by atoms with Gasteiger partial charge >= 0.3 is 0 Å². The van der Waals surface area contributed by atoms with Gasteiger partial charge in [0.1, 0.15) is 18.2 Å². The lowest BCUT2D eigenvalue weighted by atomic mass is 10.1. The van der Waals surface area contributed by atoms with Gasteiger partial charge in [0.15, 0.2) is 11.5 Å². The molecule has 3 aromatic rings. The van der Waals surface area contributed by atoms with Gasteiger partial charge in [-0.2, -0.15) is 5.26 Å². The molecule has 3 rings (SSSR count). The van der Waals surface area contributed by atoms with E-state index in [0.717, 1.165) is 5.56 Å². The number of benzene rings is 3. The van der Waals surface area contributed by atoms with Crippen LogP contribution in [-0.4, -0.2) is 17.4 Å². The minimum Gasteiger partial charge on any atom is -0.490 e. The lowest BCUT2D eigenvalue weighted by Gasteiger charge is -2.15. The van der Waals surface area contributed by atoms with Crippen molar-refractivity contribution in [3.63, 3.8) is 0 Å². The molecular weight excluding hydrogens is 526 g/mol. The Balaban J connectivity index is 1.82. The molecule has 0 bridgehead atoms. The van der Waals surface area contributed by atoms with Crippen molar-refractivity contribution in [2.24, 2.45) is 0 Å². The lowest BCUT2D eigenvalue weighted by molar-refractivity contribution is -0.384. The number of ether oxygens (including phenoxy) is 2. The highest BCUT2D eigenvalue weighted by Crippen LogP contribution is 2.35. The van der Waals surface area contributed by atoms with E-state index in [2.05, 4.69) is 21.2 Å². The van der Waals surface area contributed by atoms with Crippen LogP contribution in [0.25, 0.3) is 6.08 Å². The second-order valence-corrected chi connectivity index (χ2v) is 8.60. The van der Waals surface area contributed by atoms with Crippen LogP contribution in [0.15, 0.2) is 76.8 Å². The minimum atomic E-state index is -0.496. The smallest absolute Gasteiger partial charge is 0.269 e. The SMILES string of the molecule is CCOc1cc(/C=C(/C#N)C(=O)N[C@@H](C)c2ccccc2)c(Br)cc1OCc1cccc([N+](=O)[O-])c1. The van der Waals surface area contributed by atoms with Crippen LogP contribution in [0, 0.1) is 21.4 Å². The zero-order chi connectivity index (χ0) is 26.1. The van der Waals surface area contributed by atoms with Gasteiger partial charge in [0.2, 0.25) is 0 Å². The van der Waals surface area contributed by atoms with Crippen LogP contribution >= 0.6 is 15.9 Å². The molecule has 36 heavy (non-hydrogen) atoms. The van der Waals surface area contributed by atoms with E-state index in [9.17, 15) is 20.2 Å². The summed E-state index contributed by atoms with van der Waals surface area (Å²) in [4.78, 5) is 23.3. The molecule has 0 unspecified atom stereocenters. The molecule has 0 saturated carbocycles. The molecule has 9 heteroatoms. The summed E-state index contributed by atoms with van der Waals surface area (Å²) in [5.74, 6) is 0.325. The summed E-state index contributed by atoms with van der Waals surface area (Å²) >= 11 is 3.47. The largest absolute Gasteiger partial charge is 0.490 e. The van der Waals surface area contributed by atoms with Crippen LogP contribution in [0.3, 0.4) is 0 Å². The number of nitrogens with zero attached hydrogens (tertiary/aromatic N) is 2. The summed E-state index contributed by atoms with van der Waals surface area (Å²) in [6.07, 6.45) is 1.48. The highest BCUT2D eigenvalue weighted by atomic mass is 79.9. The van der Waals surface area contributed by atoms with E-state index >= 15 is 0 Å². The zero-order valence-corrected chi connectivity index (χ0v) is 21.3. The highest BCUT2D eigenvalue weighted by Gasteiger charge is 2.16. The Kier molecular flexibility index (Phi) is 9.19. The van der Waals surface area contributed by atoms with E-state index in [0.29, 0.717) is 33.7 Å². The molecule has 0 aliphatic carbocycles. The quantitative estimate of drug-likeness (QED) is 0.141. The second kappa shape index (κ2) is 12.5. The minimum absolute atomic E-state index is 0.0216. The van der Waals surface area contributed by atoms with Crippen LogP contribution < -0.4 is 14.8 Å². The third kappa shape index (κ3) is 6.93. The van der Waals surface area contributed by atoms with Gasteiger partial charge in [-0.1, -0.05) is 58.4 Å². The van der Waals surface area contributed by atoms with Crippen LogP contribution in [0.5, 0.6) is 11.5 Å². The summed E-state index contributed by atoms with van der Waals surface area (Å²) in [7, 11) is 0. The molecule has 0 heterocycles. The summed E-state index contributed by atoms with van der Waals surface area (Å²) < 4.78 is 12.2. The molecule has 0 fully saturated rings. The van der Waals surface area contributed by atoms with Crippen LogP contribution in [0.2, 0.25) is 0 Å². The molecule has 0 saturated heterocycles. The molecule has 0 aliphatic rings. The van der Waals surface area contributed by atoms with Crippen LogP contribution in [-0.2, 0) is 11.4 Å². The first kappa shape index (κ1) is 26.4. The predicted octanol–water partition coefficient (Wildman–Crippen LogP) is 6.12. The number of nitro groups is 1. The van der Waals surface area contributed by atoms with Gasteiger partial charge in [-0.15, -0.1) is 0 Å². The van der Waals surface area contributed by atoms with Crippen molar-refractivity contribution in [2.75, 3.05) is 6.61 Å². The monoisotopic (exact) mass is 549 g/mol. The average Bonchev–Trinajstić information content (AvgIpc) is 2.88. The van der Waals surface area contributed by atoms with Crippen molar-refractivity contribution >= 4 is 33.6 Å². The number of nitrogens with one attached hydrogen (secondary N) is 1. The number of hydrogen-bond acceptors (Lipinski definition) is 6. The Hall–Kier alpha value is -4.16. The second-order valence-electron chi connectivity index (χ2n) is 7.74. The maximum absolute atomic E-state index is 12.8. The number of non-ortho nitro benzene ring substituents is 1. The van der Waals surface area contributed by atoms with Crippen LogP contribution in [0.4, 0.5) is 5.69 Å². The molecule has 8 nitrogen and oxygen atoms in total. The number of amides is 1. The molecule has 0 radical (unpaired) electrons. The van der Waals surface area contributed by atoms with Gasteiger partial charge in [-0.05, 0) is 48.7 Å². The first-order chi connectivity index (χ1) is 17.3. The van der Waals surface area contributed by atoms with Crippen molar-refractivity contribution in [1.29, 1.82) is 5.26 Å². The highest BCUT2D eigenvalue weighted by molar-refractivity contribution is 9.10. The normalized spacial score (nSPS) is 11.8. The fraction of sp³-hybridized carbons (Fsp3) is 0.185. The number of carbonyl (C=O) groups excluding carboxylic acids is 1. The summed E-state index contributed by atoms with van der Waals surface area (Å²) in [5, 5.41) is 23.5. The fourth-order valence-corrected chi connectivity index (χ4v) is 3.80. The van der Waals surface area contributed by atoms with E-state index < -0.39 is 10.8 Å².